The van der Waals surface area contributed by atoms with E-state index in [-0.39, 0.29) is 12.0 Å². The first kappa shape index (κ1) is 14.7. The van der Waals surface area contributed by atoms with Crippen LogP contribution in [0, 0.1) is 0 Å². The highest BCUT2D eigenvalue weighted by Crippen LogP contribution is 2.29. The molecule has 2 aliphatic rings. The summed E-state index contributed by atoms with van der Waals surface area (Å²) in [4.78, 5) is 25.7. The molecule has 0 bridgehead atoms. The Bertz CT molecular complexity index is 589. The average Bonchev–Trinajstić information content (AvgIpc) is 2.88. The minimum absolute atomic E-state index is 0.0338. The van der Waals surface area contributed by atoms with E-state index in [0.717, 1.165) is 24.2 Å². The molecule has 22 heavy (non-hydrogen) atoms. The highest BCUT2D eigenvalue weighted by atomic mass is 16.6. The number of benzene rings is 1. The number of rotatable bonds is 3. The largest absolute Gasteiger partial charge is 0.496 e. The van der Waals surface area contributed by atoms with Crippen molar-refractivity contribution in [3.05, 3.63) is 29.8 Å². The fourth-order valence-electron chi connectivity index (χ4n) is 3.16. The molecule has 2 aliphatic heterocycles. The van der Waals surface area contributed by atoms with Crippen molar-refractivity contribution in [1.29, 1.82) is 0 Å². The Kier molecular flexibility index (Phi) is 3.92. The molecule has 2 heterocycles. The van der Waals surface area contributed by atoms with Crippen LogP contribution in [0.3, 0.4) is 0 Å². The van der Waals surface area contributed by atoms with E-state index in [2.05, 4.69) is 5.32 Å². The van der Waals surface area contributed by atoms with Gasteiger partial charge in [0.1, 0.15) is 11.4 Å². The van der Waals surface area contributed by atoms with Gasteiger partial charge in [0.15, 0.2) is 0 Å². The SMILES string of the molecule is COc1ccccc1CC(=O)N1CCCC2(CNC(=O)O2)C1. The molecule has 0 saturated carbocycles. The molecule has 0 aromatic heterocycles. The second kappa shape index (κ2) is 5.87. The van der Waals surface area contributed by atoms with Crippen molar-refractivity contribution in [2.75, 3.05) is 26.7 Å². The molecule has 6 nitrogen and oxygen atoms in total. The van der Waals surface area contributed by atoms with E-state index in [1.165, 1.54) is 0 Å². The summed E-state index contributed by atoms with van der Waals surface area (Å²) >= 11 is 0. The molecule has 3 rings (SSSR count). The van der Waals surface area contributed by atoms with E-state index in [1.54, 1.807) is 12.0 Å². The van der Waals surface area contributed by atoms with Crippen LogP contribution in [0.25, 0.3) is 0 Å². The number of likely N-dealkylation sites (tertiary alicyclic amines) is 1. The van der Waals surface area contributed by atoms with E-state index >= 15 is 0 Å². The summed E-state index contributed by atoms with van der Waals surface area (Å²) in [7, 11) is 1.60. The number of carbonyl (C=O) groups is 2. The summed E-state index contributed by atoms with van der Waals surface area (Å²) < 4.78 is 10.7. The van der Waals surface area contributed by atoms with E-state index in [4.69, 9.17) is 9.47 Å². The second-order valence-electron chi connectivity index (χ2n) is 5.83. The summed E-state index contributed by atoms with van der Waals surface area (Å²) in [6.07, 6.45) is 1.54. The number of carbonyl (C=O) groups excluding carboxylic acids is 2. The van der Waals surface area contributed by atoms with E-state index in [1.807, 2.05) is 24.3 Å². The lowest BCUT2D eigenvalue weighted by Gasteiger charge is -2.38. The maximum atomic E-state index is 12.6. The molecule has 6 heteroatoms. The molecular formula is C16H20N2O4. The first-order valence-electron chi connectivity index (χ1n) is 7.48. The van der Waals surface area contributed by atoms with Gasteiger partial charge in [0.05, 0.1) is 26.6 Å². The monoisotopic (exact) mass is 304 g/mol. The van der Waals surface area contributed by atoms with Crippen molar-refractivity contribution < 1.29 is 19.1 Å². The topological polar surface area (TPSA) is 67.9 Å². The van der Waals surface area contributed by atoms with Crippen molar-refractivity contribution in [3.63, 3.8) is 0 Å². The summed E-state index contributed by atoms with van der Waals surface area (Å²) in [6.45, 7) is 1.64. The van der Waals surface area contributed by atoms with Gasteiger partial charge in [-0.05, 0) is 18.9 Å². The Morgan fingerprint density at radius 2 is 2.27 bits per heavy atom. The van der Waals surface area contributed by atoms with Crippen LogP contribution < -0.4 is 10.1 Å². The number of ether oxygens (including phenoxy) is 2. The third kappa shape index (κ3) is 2.86. The molecule has 2 amide bonds. The maximum Gasteiger partial charge on any atom is 0.407 e. The molecule has 0 aliphatic carbocycles. The lowest BCUT2D eigenvalue weighted by atomic mass is 9.92. The van der Waals surface area contributed by atoms with Gasteiger partial charge in [-0.2, -0.15) is 0 Å². The van der Waals surface area contributed by atoms with E-state index < -0.39 is 5.60 Å². The van der Waals surface area contributed by atoms with Gasteiger partial charge in [-0.15, -0.1) is 0 Å². The molecule has 1 unspecified atom stereocenters. The summed E-state index contributed by atoms with van der Waals surface area (Å²) in [5.74, 6) is 0.753. The smallest absolute Gasteiger partial charge is 0.407 e. The van der Waals surface area contributed by atoms with E-state index in [9.17, 15) is 9.59 Å². The third-order valence-electron chi connectivity index (χ3n) is 4.29. The molecule has 1 aromatic carbocycles. The Labute approximate surface area is 129 Å². The van der Waals surface area contributed by atoms with Crippen molar-refractivity contribution >= 4 is 12.0 Å². The molecule has 2 saturated heterocycles. The highest BCUT2D eigenvalue weighted by molar-refractivity contribution is 5.80. The average molecular weight is 304 g/mol. The van der Waals surface area contributed by atoms with E-state index in [0.29, 0.717) is 26.1 Å². The zero-order valence-electron chi connectivity index (χ0n) is 12.6. The van der Waals surface area contributed by atoms with Crippen LogP contribution in [0.5, 0.6) is 5.75 Å². The number of alkyl carbamates (subject to hydrolysis) is 1. The highest BCUT2D eigenvalue weighted by Gasteiger charge is 2.44. The summed E-state index contributed by atoms with van der Waals surface area (Å²) in [5.41, 5.74) is 0.322. The number of nitrogens with zero attached hydrogens (tertiary/aromatic N) is 1. The number of nitrogens with one attached hydrogen (secondary N) is 1. The normalized spacial score (nSPS) is 24.0. The fourth-order valence-corrected chi connectivity index (χ4v) is 3.16. The van der Waals surface area contributed by atoms with Gasteiger partial charge in [-0.3, -0.25) is 4.79 Å². The van der Waals surface area contributed by atoms with Crippen molar-refractivity contribution in [2.24, 2.45) is 0 Å². The van der Waals surface area contributed by atoms with Crippen molar-refractivity contribution in [2.45, 2.75) is 24.9 Å². The van der Waals surface area contributed by atoms with Crippen LogP contribution >= 0.6 is 0 Å². The zero-order valence-corrected chi connectivity index (χ0v) is 12.6. The van der Waals surface area contributed by atoms with Crippen LogP contribution in [0.15, 0.2) is 24.3 Å². The first-order valence-corrected chi connectivity index (χ1v) is 7.48. The second-order valence-corrected chi connectivity index (χ2v) is 5.83. The number of hydrogen-bond donors (Lipinski definition) is 1. The number of amides is 2. The van der Waals surface area contributed by atoms with Gasteiger partial charge in [0.25, 0.3) is 0 Å². The Hall–Kier alpha value is -2.24. The zero-order chi connectivity index (χ0) is 15.6. The minimum atomic E-state index is -0.550. The quantitative estimate of drug-likeness (QED) is 0.915. The van der Waals surface area contributed by atoms with Crippen LogP contribution in [-0.4, -0.2) is 49.2 Å². The van der Waals surface area contributed by atoms with Gasteiger partial charge in [-0.1, -0.05) is 18.2 Å². The lowest BCUT2D eigenvalue weighted by Crippen LogP contribution is -2.52. The number of methoxy groups -OCH3 is 1. The van der Waals surface area contributed by atoms with Crippen molar-refractivity contribution in [1.82, 2.24) is 10.2 Å². The Morgan fingerprint density at radius 1 is 1.45 bits per heavy atom. The standard InChI is InChI=1S/C16H20N2O4/c1-21-13-6-3-2-5-12(13)9-14(19)18-8-4-7-16(11-18)10-17-15(20)22-16/h2-3,5-6H,4,7-11H2,1H3,(H,17,20). The number of hydrogen-bond acceptors (Lipinski definition) is 4. The predicted molar refractivity (Wildman–Crippen MR) is 79.7 cm³/mol. The molecule has 2 fully saturated rings. The third-order valence-corrected chi connectivity index (χ3v) is 4.29. The molecular weight excluding hydrogens is 284 g/mol. The van der Waals surface area contributed by atoms with Crippen LogP contribution in [-0.2, 0) is 16.0 Å². The van der Waals surface area contributed by atoms with Gasteiger partial charge >= 0.3 is 6.09 Å². The Morgan fingerprint density at radius 3 is 3.00 bits per heavy atom. The van der Waals surface area contributed by atoms with Crippen molar-refractivity contribution in [3.8, 4) is 5.75 Å². The fraction of sp³-hybridized carbons (Fsp3) is 0.500. The first-order chi connectivity index (χ1) is 10.6. The summed E-state index contributed by atoms with van der Waals surface area (Å²) in [5, 5.41) is 2.69. The van der Waals surface area contributed by atoms with Crippen LogP contribution in [0.2, 0.25) is 0 Å². The molecule has 1 atom stereocenters. The van der Waals surface area contributed by atoms with Gasteiger partial charge < -0.3 is 19.7 Å². The summed E-state index contributed by atoms with van der Waals surface area (Å²) in [6, 6.07) is 7.52. The lowest BCUT2D eigenvalue weighted by molar-refractivity contribution is -0.136. The molecule has 0 radical (unpaired) electrons. The molecule has 1 N–H and O–H groups in total. The predicted octanol–water partition coefficient (Wildman–Crippen LogP) is 1.34. The minimum Gasteiger partial charge on any atom is -0.496 e. The number of piperidine rings is 1. The molecule has 1 spiro atoms. The Balaban J connectivity index is 1.68. The number of para-hydroxylation sites is 1. The molecule has 1 aromatic rings. The van der Waals surface area contributed by atoms with Crippen LogP contribution in [0.1, 0.15) is 18.4 Å². The van der Waals surface area contributed by atoms with Gasteiger partial charge in [0, 0.05) is 12.1 Å². The molecule has 118 valence electrons. The van der Waals surface area contributed by atoms with Crippen LogP contribution in [0.4, 0.5) is 4.79 Å². The maximum absolute atomic E-state index is 12.6. The van der Waals surface area contributed by atoms with Gasteiger partial charge in [0.2, 0.25) is 5.91 Å². The van der Waals surface area contributed by atoms with Gasteiger partial charge in [-0.25, -0.2) is 4.79 Å².